The van der Waals surface area contributed by atoms with Gasteiger partial charge in [-0.3, -0.25) is 9.78 Å². The molecule has 2 heterocycles. The fraction of sp³-hybridized carbons (Fsp3) is 0.533. The van der Waals surface area contributed by atoms with Gasteiger partial charge in [-0.15, -0.1) is 0 Å². The van der Waals surface area contributed by atoms with Crippen molar-refractivity contribution in [1.29, 1.82) is 0 Å². The van der Waals surface area contributed by atoms with Gasteiger partial charge in [0.05, 0.1) is 5.92 Å². The van der Waals surface area contributed by atoms with Crippen LogP contribution in [0.3, 0.4) is 0 Å². The zero-order valence-corrected chi connectivity index (χ0v) is 11.9. The second kappa shape index (κ2) is 6.11. The summed E-state index contributed by atoms with van der Waals surface area (Å²) in [6, 6.07) is 3.85. The quantitative estimate of drug-likeness (QED) is 0.887. The van der Waals surface area contributed by atoms with Crippen LogP contribution in [0.5, 0.6) is 0 Å². The highest BCUT2D eigenvalue weighted by Gasteiger charge is 2.31. The maximum Gasteiger partial charge on any atom is 0.317 e. The zero-order valence-electron chi connectivity index (χ0n) is 11.9. The molecular weight excluding hydrogens is 268 g/mol. The maximum atomic E-state index is 12.3. The number of hydrogen-bond acceptors (Lipinski definition) is 3. The number of likely N-dealkylation sites (tertiary alicyclic amines) is 1. The lowest BCUT2D eigenvalue weighted by Gasteiger charge is -2.32. The Labute approximate surface area is 123 Å². The minimum atomic E-state index is -0.142. The predicted octanol–water partition coefficient (Wildman–Crippen LogP) is 1.60. The third-order valence-corrected chi connectivity index (χ3v) is 3.93. The molecule has 1 aliphatic heterocycles. The van der Waals surface area contributed by atoms with E-state index >= 15 is 0 Å². The van der Waals surface area contributed by atoms with Crippen molar-refractivity contribution < 1.29 is 9.59 Å². The van der Waals surface area contributed by atoms with Crippen LogP contribution < -0.4 is 10.6 Å². The van der Waals surface area contributed by atoms with Gasteiger partial charge in [0.2, 0.25) is 5.91 Å². The molecule has 1 saturated heterocycles. The van der Waals surface area contributed by atoms with Crippen molar-refractivity contribution in [1.82, 2.24) is 15.2 Å². The number of amides is 3. The first-order chi connectivity index (χ1) is 10.2. The number of aromatic nitrogens is 1. The summed E-state index contributed by atoms with van der Waals surface area (Å²) in [4.78, 5) is 30.0. The lowest BCUT2D eigenvalue weighted by atomic mass is 9.97. The number of urea groups is 1. The van der Waals surface area contributed by atoms with Crippen LogP contribution >= 0.6 is 0 Å². The normalized spacial score (nSPS) is 21.7. The van der Waals surface area contributed by atoms with Crippen LogP contribution in [0.15, 0.2) is 24.5 Å². The number of anilines is 1. The van der Waals surface area contributed by atoms with Crippen molar-refractivity contribution in [2.24, 2.45) is 5.92 Å². The number of pyridine rings is 1. The number of carbonyl (C=O) groups is 2. The van der Waals surface area contributed by atoms with E-state index in [1.54, 1.807) is 29.4 Å². The standard InChI is InChI=1S/C15H20N4O2/c20-14(17-13-5-7-16-8-6-13)11-2-1-9-19(10-11)15(21)18-12-3-4-12/h5-8,11-12H,1-4,9-10H2,(H,18,21)(H,16,17,20). The fourth-order valence-electron chi connectivity index (χ4n) is 2.55. The summed E-state index contributed by atoms with van der Waals surface area (Å²) < 4.78 is 0. The van der Waals surface area contributed by atoms with Gasteiger partial charge < -0.3 is 15.5 Å². The van der Waals surface area contributed by atoms with Crippen LogP contribution in [0.1, 0.15) is 25.7 Å². The first-order valence-corrected chi connectivity index (χ1v) is 7.49. The van der Waals surface area contributed by atoms with Crippen LogP contribution in [0.4, 0.5) is 10.5 Å². The summed E-state index contributed by atoms with van der Waals surface area (Å²) in [6.45, 7) is 1.23. The first kappa shape index (κ1) is 13.9. The Hall–Kier alpha value is -2.11. The van der Waals surface area contributed by atoms with Gasteiger partial charge in [-0.2, -0.15) is 0 Å². The number of rotatable bonds is 3. The zero-order chi connectivity index (χ0) is 14.7. The summed E-state index contributed by atoms with van der Waals surface area (Å²) in [5, 5.41) is 5.87. The molecular formula is C15H20N4O2. The molecule has 2 aliphatic rings. The van der Waals surface area contributed by atoms with Gasteiger partial charge in [-0.1, -0.05) is 0 Å². The summed E-state index contributed by atoms with van der Waals surface area (Å²) in [7, 11) is 0. The van der Waals surface area contributed by atoms with Crippen molar-refractivity contribution in [2.75, 3.05) is 18.4 Å². The molecule has 112 valence electrons. The smallest absolute Gasteiger partial charge is 0.317 e. The van der Waals surface area contributed by atoms with Gasteiger partial charge in [0.15, 0.2) is 0 Å². The van der Waals surface area contributed by atoms with Gasteiger partial charge >= 0.3 is 6.03 Å². The average Bonchev–Trinajstić information content (AvgIpc) is 3.32. The molecule has 1 aliphatic carbocycles. The molecule has 0 radical (unpaired) electrons. The average molecular weight is 288 g/mol. The molecule has 6 nitrogen and oxygen atoms in total. The van der Waals surface area contributed by atoms with Crippen molar-refractivity contribution in [3.05, 3.63) is 24.5 Å². The van der Waals surface area contributed by atoms with Gasteiger partial charge in [0.1, 0.15) is 0 Å². The Kier molecular flexibility index (Phi) is 4.03. The monoisotopic (exact) mass is 288 g/mol. The molecule has 6 heteroatoms. The lowest BCUT2D eigenvalue weighted by molar-refractivity contribution is -0.121. The Morgan fingerprint density at radius 2 is 1.95 bits per heavy atom. The SMILES string of the molecule is O=C(Nc1ccncc1)C1CCCN(C(=O)NC2CC2)C1. The molecule has 3 rings (SSSR count). The van der Waals surface area contributed by atoms with E-state index in [1.807, 2.05) is 0 Å². The maximum absolute atomic E-state index is 12.3. The van der Waals surface area contributed by atoms with Crippen LogP contribution in [0.2, 0.25) is 0 Å². The molecule has 0 spiro atoms. The highest BCUT2D eigenvalue weighted by atomic mass is 16.2. The molecule has 21 heavy (non-hydrogen) atoms. The van der Waals surface area contributed by atoms with E-state index in [4.69, 9.17) is 0 Å². The summed E-state index contributed by atoms with van der Waals surface area (Å²) in [6.07, 6.45) is 7.13. The third kappa shape index (κ3) is 3.71. The largest absolute Gasteiger partial charge is 0.335 e. The van der Waals surface area contributed by atoms with Crippen molar-refractivity contribution in [3.63, 3.8) is 0 Å². The number of piperidine rings is 1. The Balaban J connectivity index is 1.54. The van der Waals surface area contributed by atoms with Crippen LogP contribution in [0, 0.1) is 5.92 Å². The van der Waals surface area contributed by atoms with E-state index in [1.165, 1.54) is 0 Å². The Bertz CT molecular complexity index is 516. The van der Waals surface area contributed by atoms with Crippen LogP contribution in [-0.4, -0.2) is 41.0 Å². The van der Waals surface area contributed by atoms with Crippen LogP contribution in [0.25, 0.3) is 0 Å². The highest BCUT2D eigenvalue weighted by molar-refractivity contribution is 5.93. The number of nitrogens with zero attached hydrogens (tertiary/aromatic N) is 2. The molecule has 1 saturated carbocycles. The Morgan fingerprint density at radius 3 is 2.67 bits per heavy atom. The molecule has 0 bridgehead atoms. The Morgan fingerprint density at radius 1 is 1.19 bits per heavy atom. The molecule has 2 fully saturated rings. The predicted molar refractivity (Wildman–Crippen MR) is 78.7 cm³/mol. The van der Waals surface area contributed by atoms with Gasteiger partial charge in [0, 0.05) is 37.2 Å². The van der Waals surface area contributed by atoms with Crippen molar-refractivity contribution in [2.45, 2.75) is 31.7 Å². The number of nitrogens with one attached hydrogen (secondary N) is 2. The molecule has 1 aromatic rings. The summed E-state index contributed by atoms with van der Waals surface area (Å²) in [5.74, 6) is -0.165. The van der Waals surface area contributed by atoms with E-state index < -0.39 is 0 Å². The fourth-order valence-corrected chi connectivity index (χ4v) is 2.55. The second-order valence-corrected chi connectivity index (χ2v) is 5.73. The lowest BCUT2D eigenvalue weighted by Crippen LogP contribution is -2.48. The number of hydrogen-bond donors (Lipinski definition) is 2. The van der Waals surface area contributed by atoms with Crippen molar-refractivity contribution in [3.8, 4) is 0 Å². The number of carbonyl (C=O) groups excluding carboxylic acids is 2. The molecule has 1 aromatic heterocycles. The molecule has 3 amide bonds. The topological polar surface area (TPSA) is 74.3 Å². The second-order valence-electron chi connectivity index (χ2n) is 5.73. The van der Waals surface area contributed by atoms with E-state index in [9.17, 15) is 9.59 Å². The molecule has 2 N–H and O–H groups in total. The highest BCUT2D eigenvalue weighted by Crippen LogP contribution is 2.22. The van der Waals surface area contributed by atoms with Gasteiger partial charge in [0.25, 0.3) is 0 Å². The van der Waals surface area contributed by atoms with Crippen LogP contribution in [-0.2, 0) is 4.79 Å². The van der Waals surface area contributed by atoms with Crippen molar-refractivity contribution >= 4 is 17.6 Å². The minimum absolute atomic E-state index is 0.0230. The van der Waals surface area contributed by atoms with E-state index in [2.05, 4.69) is 15.6 Å². The summed E-state index contributed by atoms with van der Waals surface area (Å²) >= 11 is 0. The minimum Gasteiger partial charge on any atom is -0.335 e. The molecule has 0 aromatic carbocycles. The van der Waals surface area contributed by atoms with Gasteiger partial charge in [-0.25, -0.2) is 4.79 Å². The molecule has 1 unspecified atom stereocenters. The van der Waals surface area contributed by atoms with E-state index in [-0.39, 0.29) is 17.9 Å². The third-order valence-electron chi connectivity index (χ3n) is 3.93. The molecule has 1 atom stereocenters. The van der Waals surface area contributed by atoms with E-state index in [0.29, 0.717) is 12.6 Å². The van der Waals surface area contributed by atoms with E-state index in [0.717, 1.165) is 37.9 Å². The first-order valence-electron chi connectivity index (χ1n) is 7.49. The summed E-state index contributed by atoms with van der Waals surface area (Å²) in [5.41, 5.74) is 0.745. The van der Waals surface area contributed by atoms with Gasteiger partial charge in [-0.05, 0) is 37.8 Å².